The summed E-state index contributed by atoms with van der Waals surface area (Å²) in [6.45, 7) is -1.80. The highest BCUT2D eigenvalue weighted by atomic mass is 19.4. The summed E-state index contributed by atoms with van der Waals surface area (Å²) in [6.07, 6.45) is -10.5. The van der Waals surface area contributed by atoms with Crippen molar-refractivity contribution in [1.82, 2.24) is 0 Å². The van der Waals surface area contributed by atoms with Crippen molar-refractivity contribution in [2.45, 2.75) is 54.1 Å². The van der Waals surface area contributed by atoms with Gasteiger partial charge in [-0.1, -0.05) is 18.2 Å². The average Bonchev–Trinajstić information content (AvgIpc) is 2.88. The predicted molar refractivity (Wildman–Crippen MR) is 109 cm³/mol. The maximum absolute atomic E-state index is 13.9. The van der Waals surface area contributed by atoms with Crippen LogP contribution in [0.25, 0.3) is 0 Å². The molecular formula is C23H13F17O3. The molecule has 0 saturated heterocycles. The van der Waals surface area contributed by atoms with Gasteiger partial charge in [-0.25, -0.2) is 4.79 Å². The van der Waals surface area contributed by atoms with E-state index >= 15 is 0 Å². The summed E-state index contributed by atoms with van der Waals surface area (Å²) in [5.41, 5.74) is 0.0870. The highest BCUT2D eigenvalue weighted by Gasteiger charge is 2.95. The zero-order valence-corrected chi connectivity index (χ0v) is 20.3. The molecule has 242 valence electrons. The Balaban J connectivity index is 2.20. The quantitative estimate of drug-likeness (QED) is 0.130. The summed E-state index contributed by atoms with van der Waals surface area (Å²) in [6, 6.07) is 10.8. The van der Waals surface area contributed by atoms with E-state index in [2.05, 4.69) is 4.74 Å². The van der Waals surface area contributed by atoms with Crippen molar-refractivity contribution < 1.29 is 88.9 Å². The van der Waals surface area contributed by atoms with Crippen LogP contribution in [0.2, 0.25) is 0 Å². The predicted octanol–water partition coefficient (Wildman–Crippen LogP) is 8.68. The first-order valence-electron chi connectivity index (χ1n) is 10.9. The third kappa shape index (κ3) is 6.00. The van der Waals surface area contributed by atoms with Crippen molar-refractivity contribution in [3.8, 4) is 11.5 Å². The van der Waals surface area contributed by atoms with Crippen LogP contribution in [-0.2, 0) is 0 Å². The number of benzene rings is 2. The monoisotopic (exact) mass is 660 g/mol. The smallest absolute Gasteiger partial charge is 0.460 e. The molecule has 0 atom stereocenters. The van der Waals surface area contributed by atoms with Gasteiger partial charge in [0, 0.05) is 0 Å². The second-order valence-corrected chi connectivity index (χ2v) is 8.47. The van der Waals surface area contributed by atoms with Crippen LogP contribution in [0.3, 0.4) is 0 Å². The van der Waals surface area contributed by atoms with Crippen molar-refractivity contribution in [2.24, 2.45) is 0 Å². The van der Waals surface area contributed by atoms with Gasteiger partial charge >= 0.3 is 53.6 Å². The summed E-state index contributed by atoms with van der Waals surface area (Å²) in [5.74, 6) is -58.4. The van der Waals surface area contributed by atoms with E-state index in [1.807, 2.05) is 0 Å². The first kappa shape index (κ1) is 35.7. The van der Waals surface area contributed by atoms with E-state index in [1.54, 1.807) is 6.07 Å². The van der Waals surface area contributed by atoms with Gasteiger partial charge in [0.15, 0.2) is 0 Å². The molecule has 0 aliphatic carbocycles. The van der Waals surface area contributed by atoms with Crippen LogP contribution in [0.1, 0.15) is 16.8 Å². The fourth-order valence-electron chi connectivity index (χ4n) is 2.99. The molecule has 0 unspecified atom stereocenters. The summed E-state index contributed by atoms with van der Waals surface area (Å²) < 4.78 is 236. The van der Waals surface area contributed by atoms with Crippen LogP contribution < -0.4 is 9.47 Å². The molecule has 0 N–H and O–H groups in total. The van der Waals surface area contributed by atoms with Gasteiger partial charge in [-0.2, -0.15) is 74.6 Å². The molecule has 0 aliphatic rings. The number of hydrogen-bond donors (Lipinski definition) is 0. The van der Waals surface area contributed by atoms with E-state index in [0.717, 1.165) is 24.3 Å². The zero-order valence-electron chi connectivity index (χ0n) is 20.3. The lowest BCUT2D eigenvalue weighted by Gasteiger charge is -2.42. The first-order chi connectivity index (χ1) is 19.2. The Hall–Kier alpha value is -3.48. The molecule has 0 radical (unpaired) electrons. The van der Waals surface area contributed by atoms with Crippen LogP contribution in [0.5, 0.6) is 11.5 Å². The van der Waals surface area contributed by atoms with Gasteiger partial charge in [-0.05, 0) is 36.4 Å². The van der Waals surface area contributed by atoms with Crippen LogP contribution >= 0.6 is 0 Å². The molecule has 0 spiro atoms. The van der Waals surface area contributed by atoms with Crippen molar-refractivity contribution >= 4 is 5.97 Å². The molecule has 0 aliphatic heterocycles. The van der Waals surface area contributed by atoms with Crippen molar-refractivity contribution in [3.63, 3.8) is 0 Å². The lowest BCUT2D eigenvalue weighted by Crippen LogP contribution is -2.74. The maximum atomic E-state index is 13.9. The van der Waals surface area contributed by atoms with E-state index in [4.69, 9.17) is 4.74 Å². The van der Waals surface area contributed by atoms with Crippen LogP contribution in [0.4, 0.5) is 74.6 Å². The van der Waals surface area contributed by atoms with Gasteiger partial charge in [0.1, 0.15) is 11.5 Å². The summed E-state index contributed by atoms with van der Waals surface area (Å²) in [4.78, 5) is 11.9. The number of alkyl halides is 17. The van der Waals surface area contributed by atoms with Crippen LogP contribution in [0, 0.1) is 0 Å². The third-order valence-corrected chi connectivity index (χ3v) is 5.52. The molecule has 0 fully saturated rings. The Labute approximate surface area is 228 Å². The van der Waals surface area contributed by atoms with Gasteiger partial charge in [-0.15, -0.1) is 0 Å². The molecular weight excluding hydrogens is 647 g/mol. The second kappa shape index (κ2) is 11.2. The fourth-order valence-corrected chi connectivity index (χ4v) is 2.99. The highest BCUT2D eigenvalue weighted by Crippen LogP contribution is 2.64. The highest BCUT2D eigenvalue weighted by molar-refractivity contribution is 5.90. The molecule has 0 saturated carbocycles. The minimum Gasteiger partial charge on any atom is -0.493 e. The third-order valence-electron chi connectivity index (χ3n) is 5.52. The Morgan fingerprint density at radius 3 is 1.35 bits per heavy atom. The van der Waals surface area contributed by atoms with Gasteiger partial charge in [-0.3, -0.25) is 0 Å². The molecule has 0 heterocycles. The van der Waals surface area contributed by atoms with E-state index in [9.17, 15) is 79.4 Å². The molecule has 2 rings (SSSR count). The summed E-state index contributed by atoms with van der Waals surface area (Å²) in [7, 11) is 0. The van der Waals surface area contributed by atoms with E-state index in [0.29, 0.717) is 0 Å². The number of carbonyl (C=O) groups excluding carboxylic acids is 1. The Kier molecular flexibility index (Phi) is 9.32. The Morgan fingerprint density at radius 2 is 0.907 bits per heavy atom. The molecule has 43 heavy (non-hydrogen) atoms. The van der Waals surface area contributed by atoms with Gasteiger partial charge in [0.25, 0.3) is 0 Å². The second-order valence-electron chi connectivity index (χ2n) is 8.47. The zero-order chi connectivity index (χ0) is 33.5. The summed E-state index contributed by atoms with van der Waals surface area (Å²) in [5, 5.41) is 0. The average molecular weight is 660 g/mol. The fraction of sp³-hybridized carbons (Fsp3) is 0.435. The molecule has 0 bridgehead atoms. The molecule has 3 nitrogen and oxygen atoms in total. The minimum absolute atomic E-state index is 0.0870. The number of rotatable bonds is 12. The van der Waals surface area contributed by atoms with E-state index in [-0.39, 0.29) is 11.3 Å². The lowest BCUT2D eigenvalue weighted by atomic mass is 9.88. The molecule has 20 heteroatoms. The first-order valence-corrected chi connectivity index (χ1v) is 10.9. The van der Waals surface area contributed by atoms with Gasteiger partial charge < -0.3 is 9.47 Å². The Bertz CT molecular complexity index is 1260. The number of hydrogen-bond acceptors (Lipinski definition) is 3. The standard InChI is InChI=1S/C23H13F17O3/c24-16(25,10-11-42-13-6-8-14(9-7-13)43-15(41)12-4-2-1-3-5-12)17(26,27)18(28,29)19(30,31)20(32,33)21(34,35)22(36,37)23(38,39)40/h1-9H,10-11H2. The number of esters is 1. The van der Waals surface area contributed by atoms with E-state index < -0.39 is 72.4 Å². The Morgan fingerprint density at radius 1 is 0.512 bits per heavy atom. The van der Waals surface area contributed by atoms with Gasteiger partial charge in [0.2, 0.25) is 0 Å². The van der Waals surface area contributed by atoms with Crippen LogP contribution in [0.15, 0.2) is 54.6 Å². The molecule has 2 aromatic rings. The number of halogens is 17. The minimum atomic E-state index is -8.68. The topological polar surface area (TPSA) is 35.5 Å². The largest absolute Gasteiger partial charge is 0.493 e. The normalized spacial score (nSPS) is 14.4. The van der Waals surface area contributed by atoms with Crippen molar-refractivity contribution in [3.05, 3.63) is 60.2 Å². The molecule has 0 amide bonds. The number of carbonyl (C=O) groups is 1. The maximum Gasteiger partial charge on any atom is 0.460 e. The van der Waals surface area contributed by atoms with Crippen molar-refractivity contribution in [2.75, 3.05) is 6.61 Å². The molecule has 0 aromatic heterocycles. The van der Waals surface area contributed by atoms with Gasteiger partial charge in [0.05, 0.1) is 18.6 Å². The SMILES string of the molecule is O=C(Oc1ccc(OCCC(F)(F)C(F)(F)C(F)(F)C(F)(F)C(F)(F)C(F)(F)C(F)(F)C(F)(F)F)cc1)c1ccccc1. The number of ether oxygens (including phenoxy) is 2. The van der Waals surface area contributed by atoms with Crippen LogP contribution in [-0.4, -0.2) is 60.2 Å². The van der Waals surface area contributed by atoms with E-state index in [1.165, 1.54) is 24.3 Å². The van der Waals surface area contributed by atoms with Crippen molar-refractivity contribution in [1.29, 1.82) is 0 Å². The molecule has 2 aromatic carbocycles. The lowest BCUT2D eigenvalue weighted by molar-refractivity contribution is -0.461. The summed E-state index contributed by atoms with van der Waals surface area (Å²) >= 11 is 0.